The van der Waals surface area contributed by atoms with Crippen molar-refractivity contribution in [1.29, 1.82) is 0 Å². The van der Waals surface area contributed by atoms with Gasteiger partial charge in [-0.3, -0.25) is 9.79 Å². The SMILES string of the molecule is O=C1C=NCCN1. The van der Waals surface area contributed by atoms with Crippen LogP contribution < -0.4 is 5.32 Å². The van der Waals surface area contributed by atoms with E-state index >= 15 is 0 Å². The van der Waals surface area contributed by atoms with Crippen molar-refractivity contribution in [2.24, 2.45) is 4.99 Å². The number of aliphatic imine (C=N–C) groups is 1. The molecule has 3 heteroatoms. The maximum absolute atomic E-state index is 10.2. The van der Waals surface area contributed by atoms with Gasteiger partial charge in [0.1, 0.15) is 0 Å². The van der Waals surface area contributed by atoms with Gasteiger partial charge in [0, 0.05) is 6.54 Å². The third-order valence-electron chi connectivity index (χ3n) is 0.749. The zero-order chi connectivity index (χ0) is 5.11. The van der Waals surface area contributed by atoms with E-state index in [-0.39, 0.29) is 5.91 Å². The summed E-state index contributed by atoms with van der Waals surface area (Å²) in [6.45, 7) is 1.42. The average Bonchev–Trinajstić information content (AvgIpc) is 1.69. The van der Waals surface area contributed by atoms with Crippen molar-refractivity contribution in [3.63, 3.8) is 0 Å². The topological polar surface area (TPSA) is 41.5 Å². The molecule has 1 aliphatic heterocycles. The number of rotatable bonds is 0. The second-order valence-corrected chi connectivity index (χ2v) is 1.33. The molecule has 1 aliphatic rings. The van der Waals surface area contributed by atoms with Crippen LogP contribution in [0, 0.1) is 0 Å². The fourth-order valence-electron chi connectivity index (χ4n) is 0.437. The highest BCUT2D eigenvalue weighted by Crippen LogP contribution is 1.72. The van der Waals surface area contributed by atoms with E-state index in [2.05, 4.69) is 10.3 Å². The first kappa shape index (κ1) is 4.30. The van der Waals surface area contributed by atoms with Crippen LogP contribution >= 0.6 is 0 Å². The van der Waals surface area contributed by atoms with E-state index in [0.717, 1.165) is 6.54 Å². The van der Waals surface area contributed by atoms with Crippen LogP contribution in [0.3, 0.4) is 0 Å². The van der Waals surface area contributed by atoms with Crippen LogP contribution in [0.15, 0.2) is 4.99 Å². The summed E-state index contributed by atoms with van der Waals surface area (Å²) in [5.41, 5.74) is 0. The minimum absolute atomic E-state index is 0.0775. The van der Waals surface area contributed by atoms with Gasteiger partial charge in [-0.15, -0.1) is 0 Å². The van der Waals surface area contributed by atoms with Gasteiger partial charge in [0.25, 0.3) is 5.91 Å². The Morgan fingerprint density at radius 3 is 3.00 bits per heavy atom. The maximum Gasteiger partial charge on any atom is 0.262 e. The van der Waals surface area contributed by atoms with Crippen LogP contribution in [0.2, 0.25) is 0 Å². The van der Waals surface area contributed by atoms with E-state index in [1.807, 2.05) is 0 Å². The Morgan fingerprint density at radius 2 is 2.71 bits per heavy atom. The molecule has 0 fully saturated rings. The van der Waals surface area contributed by atoms with Gasteiger partial charge >= 0.3 is 0 Å². The molecule has 7 heavy (non-hydrogen) atoms. The molecule has 38 valence electrons. The molecule has 0 saturated heterocycles. The smallest absolute Gasteiger partial charge is 0.262 e. The van der Waals surface area contributed by atoms with Crippen molar-refractivity contribution >= 4 is 12.1 Å². The zero-order valence-electron chi connectivity index (χ0n) is 3.85. The van der Waals surface area contributed by atoms with E-state index in [9.17, 15) is 4.79 Å². The molecule has 0 saturated carbocycles. The molecule has 0 spiro atoms. The summed E-state index contributed by atoms with van der Waals surface area (Å²) in [7, 11) is 0. The normalized spacial score (nSPS) is 19.1. The van der Waals surface area contributed by atoms with Gasteiger partial charge in [0.05, 0.1) is 12.8 Å². The molecule has 0 aliphatic carbocycles. The predicted molar refractivity (Wildman–Crippen MR) is 26.4 cm³/mol. The van der Waals surface area contributed by atoms with Gasteiger partial charge in [-0.05, 0) is 0 Å². The third-order valence-corrected chi connectivity index (χ3v) is 0.749. The number of carbonyl (C=O) groups is 1. The predicted octanol–water partition coefficient (Wildman–Crippen LogP) is -0.813. The van der Waals surface area contributed by atoms with Crippen LogP contribution in [0.1, 0.15) is 0 Å². The summed E-state index contributed by atoms with van der Waals surface area (Å²) in [4.78, 5) is 13.9. The number of hydrogen-bond acceptors (Lipinski definition) is 2. The fraction of sp³-hybridized carbons (Fsp3) is 0.500. The molecule has 0 aromatic rings. The lowest BCUT2D eigenvalue weighted by Gasteiger charge is -2.01. The zero-order valence-corrected chi connectivity index (χ0v) is 3.85. The lowest BCUT2D eigenvalue weighted by molar-refractivity contribution is -0.114. The van der Waals surface area contributed by atoms with Crippen LogP contribution in [-0.2, 0) is 4.79 Å². The molecule has 0 aromatic carbocycles. The first-order valence-corrected chi connectivity index (χ1v) is 2.17. The average molecular weight is 98.1 g/mol. The van der Waals surface area contributed by atoms with Gasteiger partial charge in [-0.1, -0.05) is 0 Å². The highest BCUT2D eigenvalue weighted by Gasteiger charge is 1.97. The van der Waals surface area contributed by atoms with Crippen molar-refractivity contribution < 1.29 is 4.79 Å². The molecular weight excluding hydrogens is 92.1 g/mol. The first-order valence-electron chi connectivity index (χ1n) is 2.17. The van der Waals surface area contributed by atoms with Gasteiger partial charge < -0.3 is 5.32 Å². The Kier molecular flexibility index (Phi) is 1.06. The highest BCUT2D eigenvalue weighted by atomic mass is 16.1. The summed E-state index contributed by atoms with van der Waals surface area (Å²) in [5, 5.41) is 2.59. The van der Waals surface area contributed by atoms with Gasteiger partial charge in [0.15, 0.2) is 0 Å². The number of amides is 1. The monoisotopic (exact) mass is 98.0 g/mol. The summed E-state index contributed by atoms with van der Waals surface area (Å²) in [6.07, 6.45) is 1.31. The molecule has 0 radical (unpaired) electrons. The Bertz CT molecular complexity index is 108. The number of nitrogens with one attached hydrogen (secondary N) is 1. The Labute approximate surface area is 41.4 Å². The molecule has 0 atom stereocenters. The molecule has 0 aromatic heterocycles. The lowest BCUT2D eigenvalue weighted by Crippen LogP contribution is -2.30. The Hall–Kier alpha value is -0.860. The molecule has 1 N–H and O–H groups in total. The molecule has 1 amide bonds. The minimum Gasteiger partial charge on any atom is -0.349 e. The van der Waals surface area contributed by atoms with Crippen LogP contribution in [0.5, 0.6) is 0 Å². The molecule has 1 heterocycles. The van der Waals surface area contributed by atoms with Crippen molar-refractivity contribution in [3.05, 3.63) is 0 Å². The number of carbonyl (C=O) groups excluding carboxylic acids is 1. The third kappa shape index (κ3) is 0.994. The van der Waals surface area contributed by atoms with Crippen molar-refractivity contribution in [2.45, 2.75) is 0 Å². The van der Waals surface area contributed by atoms with E-state index in [1.54, 1.807) is 0 Å². The fourth-order valence-corrected chi connectivity index (χ4v) is 0.437. The number of hydrogen-bond donors (Lipinski definition) is 1. The van der Waals surface area contributed by atoms with Crippen LogP contribution in [0.4, 0.5) is 0 Å². The summed E-state index contributed by atoms with van der Waals surface area (Å²) < 4.78 is 0. The van der Waals surface area contributed by atoms with Gasteiger partial charge in [-0.25, -0.2) is 0 Å². The van der Waals surface area contributed by atoms with Gasteiger partial charge in [-0.2, -0.15) is 0 Å². The summed E-state index contributed by atoms with van der Waals surface area (Å²) in [6, 6.07) is 0. The summed E-state index contributed by atoms with van der Waals surface area (Å²) >= 11 is 0. The standard InChI is InChI=1S/C4H6N2O/c7-4-3-5-1-2-6-4/h3H,1-2H2,(H,6,7). The molecular formula is C4H6N2O. The Morgan fingerprint density at radius 1 is 1.86 bits per heavy atom. The molecule has 0 unspecified atom stereocenters. The second-order valence-electron chi connectivity index (χ2n) is 1.33. The van der Waals surface area contributed by atoms with Gasteiger partial charge in [0.2, 0.25) is 0 Å². The first-order chi connectivity index (χ1) is 3.39. The van der Waals surface area contributed by atoms with Crippen molar-refractivity contribution in [3.8, 4) is 0 Å². The van der Waals surface area contributed by atoms with Crippen LogP contribution in [-0.4, -0.2) is 25.2 Å². The Balaban J connectivity index is 2.51. The van der Waals surface area contributed by atoms with Crippen molar-refractivity contribution in [2.75, 3.05) is 13.1 Å². The quantitative estimate of drug-likeness (QED) is 0.423. The van der Waals surface area contributed by atoms with E-state index in [4.69, 9.17) is 0 Å². The van der Waals surface area contributed by atoms with E-state index in [1.165, 1.54) is 6.21 Å². The molecule has 0 bridgehead atoms. The van der Waals surface area contributed by atoms with E-state index < -0.39 is 0 Å². The second kappa shape index (κ2) is 1.73. The van der Waals surface area contributed by atoms with Crippen LogP contribution in [0.25, 0.3) is 0 Å². The molecule has 3 nitrogen and oxygen atoms in total. The van der Waals surface area contributed by atoms with E-state index in [0.29, 0.717) is 6.54 Å². The maximum atomic E-state index is 10.2. The number of nitrogens with zero attached hydrogens (tertiary/aromatic N) is 1. The lowest BCUT2D eigenvalue weighted by atomic mass is 10.5. The molecule has 1 rings (SSSR count). The summed E-state index contributed by atoms with van der Waals surface area (Å²) in [5.74, 6) is -0.0775. The highest BCUT2D eigenvalue weighted by molar-refractivity contribution is 6.26. The minimum atomic E-state index is -0.0775. The van der Waals surface area contributed by atoms with Crippen molar-refractivity contribution in [1.82, 2.24) is 5.32 Å². The largest absolute Gasteiger partial charge is 0.349 e.